The summed E-state index contributed by atoms with van der Waals surface area (Å²) in [5, 5.41) is 3.88. The summed E-state index contributed by atoms with van der Waals surface area (Å²) in [5.74, 6) is -1.00. The Morgan fingerprint density at radius 2 is 1.65 bits per heavy atom. The van der Waals surface area contributed by atoms with Crippen LogP contribution in [-0.2, 0) is 16.1 Å². The summed E-state index contributed by atoms with van der Waals surface area (Å²) < 4.78 is 2.06. The minimum Gasteiger partial charge on any atom is -0.342 e. The van der Waals surface area contributed by atoms with Gasteiger partial charge in [0.05, 0.1) is 5.69 Å². The van der Waals surface area contributed by atoms with Gasteiger partial charge in [0, 0.05) is 34.2 Å². The van der Waals surface area contributed by atoms with Crippen molar-refractivity contribution in [2.24, 2.45) is 0 Å². The molecule has 7 heteroatoms. The quantitative estimate of drug-likeness (QED) is 0.236. The summed E-state index contributed by atoms with van der Waals surface area (Å²) in [7, 11) is 0. The van der Waals surface area contributed by atoms with E-state index in [1.165, 1.54) is 0 Å². The van der Waals surface area contributed by atoms with Gasteiger partial charge in [-0.1, -0.05) is 67.9 Å². The maximum Gasteiger partial charge on any atom is 0.335 e. The number of barbiturate groups is 1. The van der Waals surface area contributed by atoms with Crippen LogP contribution >= 0.6 is 11.6 Å². The fourth-order valence-corrected chi connectivity index (χ4v) is 4.67. The standard InChI is InChI=1S/C30H26ClN3O3/c1-3-19(2)21-10-14-24(15-11-21)34-29(36)26(28(35)32-30(34)37)16-22-18-33(27-7-5-4-6-25(22)27)17-20-8-12-23(31)13-9-20/h4-16,18-19H,3,17H2,1-2H3,(H,32,35,37)/b26-16-/t19-/m0/s1. The number of amides is 4. The number of imide groups is 2. The van der Waals surface area contributed by atoms with Crippen molar-refractivity contribution in [1.82, 2.24) is 9.88 Å². The molecule has 186 valence electrons. The Bertz CT molecular complexity index is 1530. The fourth-order valence-electron chi connectivity index (χ4n) is 4.54. The van der Waals surface area contributed by atoms with E-state index >= 15 is 0 Å². The smallest absolute Gasteiger partial charge is 0.335 e. The molecule has 0 bridgehead atoms. The molecule has 0 unspecified atom stereocenters. The lowest BCUT2D eigenvalue weighted by Gasteiger charge is -2.26. The van der Waals surface area contributed by atoms with E-state index in [1.54, 1.807) is 18.2 Å². The molecule has 2 heterocycles. The van der Waals surface area contributed by atoms with Crippen LogP contribution in [-0.4, -0.2) is 22.4 Å². The lowest BCUT2D eigenvalue weighted by Crippen LogP contribution is -2.54. The number of rotatable bonds is 6. The molecule has 1 saturated heterocycles. The molecule has 1 fully saturated rings. The van der Waals surface area contributed by atoms with Crippen LogP contribution in [0.2, 0.25) is 5.02 Å². The number of aromatic nitrogens is 1. The summed E-state index contributed by atoms with van der Waals surface area (Å²) in [6, 6.07) is 22.0. The molecule has 4 amide bonds. The van der Waals surface area contributed by atoms with E-state index in [-0.39, 0.29) is 5.57 Å². The van der Waals surface area contributed by atoms with Gasteiger partial charge in [0.25, 0.3) is 11.8 Å². The number of nitrogens with zero attached hydrogens (tertiary/aromatic N) is 2. The van der Waals surface area contributed by atoms with Crippen LogP contribution in [0.3, 0.4) is 0 Å². The number of hydrogen-bond acceptors (Lipinski definition) is 3. The molecule has 0 saturated carbocycles. The molecule has 0 aliphatic carbocycles. The maximum absolute atomic E-state index is 13.4. The predicted molar refractivity (Wildman–Crippen MR) is 147 cm³/mol. The average Bonchev–Trinajstić information content (AvgIpc) is 3.24. The molecule has 5 rings (SSSR count). The van der Waals surface area contributed by atoms with Crippen LogP contribution in [0.15, 0.2) is 84.6 Å². The number of carbonyl (C=O) groups is 3. The van der Waals surface area contributed by atoms with Crippen LogP contribution in [0.25, 0.3) is 17.0 Å². The largest absolute Gasteiger partial charge is 0.342 e. The van der Waals surface area contributed by atoms with Crippen molar-refractivity contribution in [1.29, 1.82) is 0 Å². The number of benzene rings is 3. The number of carbonyl (C=O) groups excluding carboxylic acids is 3. The third kappa shape index (κ3) is 4.80. The van der Waals surface area contributed by atoms with Gasteiger partial charge in [-0.15, -0.1) is 0 Å². The van der Waals surface area contributed by atoms with Gasteiger partial charge in [0.1, 0.15) is 5.57 Å². The second kappa shape index (κ2) is 10.1. The van der Waals surface area contributed by atoms with E-state index in [9.17, 15) is 14.4 Å². The first-order valence-electron chi connectivity index (χ1n) is 12.2. The molecule has 1 N–H and O–H groups in total. The molecular weight excluding hydrogens is 486 g/mol. The van der Waals surface area contributed by atoms with Crippen LogP contribution in [0.5, 0.6) is 0 Å². The number of fused-ring (bicyclic) bond motifs is 1. The summed E-state index contributed by atoms with van der Waals surface area (Å²) in [6.45, 7) is 4.82. The van der Waals surface area contributed by atoms with E-state index in [0.717, 1.165) is 33.4 Å². The van der Waals surface area contributed by atoms with Crippen LogP contribution in [0.4, 0.5) is 10.5 Å². The molecule has 0 spiro atoms. The van der Waals surface area contributed by atoms with E-state index < -0.39 is 17.8 Å². The Labute approximate surface area is 220 Å². The molecule has 1 aliphatic rings. The Hall–Kier alpha value is -4.16. The summed E-state index contributed by atoms with van der Waals surface area (Å²) in [4.78, 5) is 39.9. The first kappa shape index (κ1) is 24.5. The number of hydrogen-bond donors (Lipinski definition) is 1. The van der Waals surface area contributed by atoms with Gasteiger partial charge >= 0.3 is 6.03 Å². The van der Waals surface area contributed by atoms with Crippen molar-refractivity contribution < 1.29 is 14.4 Å². The topological polar surface area (TPSA) is 71.4 Å². The second-order valence-electron chi connectivity index (χ2n) is 9.21. The van der Waals surface area contributed by atoms with Crippen LogP contribution < -0.4 is 10.2 Å². The minimum absolute atomic E-state index is 0.0972. The predicted octanol–water partition coefficient (Wildman–Crippen LogP) is 6.52. The molecular formula is C30H26ClN3O3. The second-order valence-corrected chi connectivity index (χ2v) is 9.65. The average molecular weight is 512 g/mol. The zero-order chi connectivity index (χ0) is 26.1. The molecule has 4 aromatic rings. The number of para-hydroxylation sites is 1. The zero-order valence-corrected chi connectivity index (χ0v) is 21.3. The summed E-state index contributed by atoms with van der Waals surface area (Å²) >= 11 is 6.03. The van der Waals surface area contributed by atoms with Gasteiger partial charge in [0.2, 0.25) is 0 Å². The van der Waals surface area contributed by atoms with Crippen molar-refractivity contribution in [2.45, 2.75) is 32.7 Å². The monoisotopic (exact) mass is 511 g/mol. The van der Waals surface area contributed by atoms with Gasteiger partial charge in [-0.2, -0.15) is 0 Å². The molecule has 0 radical (unpaired) electrons. The highest BCUT2D eigenvalue weighted by Gasteiger charge is 2.37. The zero-order valence-electron chi connectivity index (χ0n) is 20.6. The molecule has 1 atom stereocenters. The Morgan fingerprint density at radius 1 is 0.946 bits per heavy atom. The highest BCUT2D eigenvalue weighted by Crippen LogP contribution is 2.28. The fraction of sp³-hybridized carbons (Fsp3) is 0.167. The van der Waals surface area contributed by atoms with Crippen LogP contribution in [0, 0.1) is 0 Å². The van der Waals surface area contributed by atoms with Crippen molar-refractivity contribution >= 4 is 52.1 Å². The molecule has 1 aliphatic heterocycles. The lowest BCUT2D eigenvalue weighted by molar-refractivity contribution is -0.122. The summed E-state index contributed by atoms with van der Waals surface area (Å²) in [6.07, 6.45) is 4.45. The number of halogens is 1. The van der Waals surface area contributed by atoms with E-state index in [4.69, 9.17) is 11.6 Å². The third-order valence-electron chi connectivity index (χ3n) is 6.82. The van der Waals surface area contributed by atoms with Crippen molar-refractivity contribution in [2.75, 3.05) is 4.90 Å². The number of anilines is 1. The Kier molecular flexibility index (Phi) is 6.68. The number of urea groups is 1. The van der Waals surface area contributed by atoms with E-state index in [0.29, 0.717) is 28.7 Å². The maximum atomic E-state index is 13.4. The molecule has 1 aromatic heterocycles. The molecule has 3 aromatic carbocycles. The third-order valence-corrected chi connectivity index (χ3v) is 7.07. The van der Waals surface area contributed by atoms with Gasteiger partial charge in [-0.3, -0.25) is 14.9 Å². The van der Waals surface area contributed by atoms with Crippen LogP contribution in [0.1, 0.15) is 42.9 Å². The highest BCUT2D eigenvalue weighted by molar-refractivity contribution is 6.39. The Morgan fingerprint density at radius 3 is 2.35 bits per heavy atom. The lowest BCUT2D eigenvalue weighted by atomic mass is 9.98. The summed E-state index contributed by atoms with van der Waals surface area (Å²) in [5.41, 5.74) is 4.18. The highest BCUT2D eigenvalue weighted by atomic mass is 35.5. The van der Waals surface area contributed by atoms with Crippen molar-refractivity contribution in [3.05, 3.63) is 106 Å². The van der Waals surface area contributed by atoms with Gasteiger partial charge in [-0.25, -0.2) is 9.69 Å². The normalized spacial score (nSPS) is 15.9. The van der Waals surface area contributed by atoms with Crippen molar-refractivity contribution in [3.8, 4) is 0 Å². The first-order chi connectivity index (χ1) is 17.9. The number of nitrogens with one attached hydrogen (secondary N) is 1. The Balaban J connectivity index is 1.51. The molecule has 6 nitrogen and oxygen atoms in total. The van der Waals surface area contributed by atoms with Crippen molar-refractivity contribution in [3.63, 3.8) is 0 Å². The minimum atomic E-state index is -0.756. The van der Waals surface area contributed by atoms with Gasteiger partial charge in [0.15, 0.2) is 0 Å². The van der Waals surface area contributed by atoms with E-state index in [2.05, 4.69) is 23.7 Å². The van der Waals surface area contributed by atoms with Gasteiger partial charge < -0.3 is 4.57 Å². The van der Waals surface area contributed by atoms with Gasteiger partial charge in [-0.05, 0) is 59.9 Å². The van der Waals surface area contributed by atoms with E-state index in [1.807, 2.05) is 66.9 Å². The molecule has 37 heavy (non-hydrogen) atoms. The SMILES string of the molecule is CC[C@H](C)c1ccc(N2C(=O)NC(=O)/C(=C/c3cn(Cc4ccc(Cl)cc4)c4ccccc34)C2=O)cc1. The first-order valence-corrected chi connectivity index (χ1v) is 12.6.